The van der Waals surface area contributed by atoms with Crippen LogP contribution in [0, 0.1) is 0 Å². The quantitative estimate of drug-likeness (QED) is 0.388. The number of para-hydroxylation sites is 1. The number of benzene rings is 3. The molecule has 1 aliphatic heterocycles. The fraction of sp³-hybridized carbons (Fsp3) is 0.0400. The van der Waals surface area contributed by atoms with Gasteiger partial charge in [0.15, 0.2) is 0 Å². The topological polar surface area (TPSA) is 42.3 Å². The molecular formula is C25H18N2O2S. The Morgan fingerprint density at radius 2 is 1.33 bits per heavy atom. The number of carbonyl (C=O) groups excluding carboxylic acids is 2. The van der Waals surface area contributed by atoms with Crippen molar-refractivity contribution in [3.8, 4) is 0 Å². The van der Waals surface area contributed by atoms with Gasteiger partial charge in [-0.05, 0) is 17.2 Å². The minimum absolute atomic E-state index is 0.0830. The maximum atomic E-state index is 12.6. The predicted molar refractivity (Wildman–Crippen MR) is 122 cm³/mol. The lowest BCUT2D eigenvalue weighted by molar-refractivity contribution is -0.107. The zero-order chi connectivity index (χ0) is 20.7. The predicted octanol–water partition coefficient (Wildman–Crippen LogP) is 5.99. The van der Waals surface area contributed by atoms with Crippen molar-refractivity contribution in [1.82, 2.24) is 4.57 Å². The molecule has 5 rings (SSSR count). The minimum atomic E-state index is -0.316. The highest BCUT2D eigenvalue weighted by atomic mass is 32.2. The molecule has 4 nitrogen and oxygen atoms in total. The molecule has 0 atom stereocenters. The number of hydrogen-bond acceptors (Lipinski definition) is 3. The summed E-state index contributed by atoms with van der Waals surface area (Å²) in [6.07, 6.45) is 1.96. The van der Waals surface area contributed by atoms with Crippen LogP contribution in [0.3, 0.4) is 0 Å². The van der Waals surface area contributed by atoms with Gasteiger partial charge in [0.1, 0.15) is 0 Å². The minimum Gasteiger partial charge on any atom is -0.334 e. The van der Waals surface area contributed by atoms with Gasteiger partial charge in [-0.1, -0.05) is 85.4 Å². The fourth-order valence-corrected chi connectivity index (χ4v) is 4.66. The summed E-state index contributed by atoms with van der Waals surface area (Å²) in [5, 5.41) is 0.280. The molecule has 146 valence electrons. The molecular weight excluding hydrogens is 392 g/mol. The molecule has 4 aromatic rings. The Kier molecular flexibility index (Phi) is 4.52. The van der Waals surface area contributed by atoms with E-state index >= 15 is 0 Å². The van der Waals surface area contributed by atoms with Gasteiger partial charge in [-0.2, -0.15) is 0 Å². The number of carbonyl (C=O) groups is 2. The Balaban J connectivity index is 1.77. The van der Waals surface area contributed by atoms with Gasteiger partial charge in [0, 0.05) is 23.3 Å². The summed E-state index contributed by atoms with van der Waals surface area (Å²) in [5.74, 6) is 0. The van der Waals surface area contributed by atoms with Crippen molar-refractivity contribution in [2.24, 2.45) is 0 Å². The van der Waals surface area contributed by atoms with E-state index in [0.717, 1.165) is 22.0 Å². The number of fused-ring (bicyclic) bond motifs is 1. The van der Waals surface area contributed by atoms with Gasteiger partial charge in [0.25, 0.3) is 5.24 Å². The molecule has 1 amide bonds. The lowest BCUT2D eigenvalue weighted by atomic mass is 9.98. The summed E-state index contributed by atoms with van der Waals surface area (Å²) in [6, 6.07) is 28.4. The van der Waals surface area contributed by atoms with E-state index in [9.17, 15) is 9.59 Å². The molecule has 3 aromatic carbocycles. The highest BCUT2D eigenvalue weighted by Gasteiger charge is 2.36. The first-order valence-electron chi connectivity index (χ1n) is 9.60. The zero-order valence-electron chi connectivity index (χ0n) is 16.1. The van der Waals surface area contributed by atoms with Crippen LogP contribution in [0.2, 0.25) is 0 Å². The molecule has 0 N–H and O–H groups in total. The first-order valence-corrected chi connectivity index (χ1v) is 10.4. The van der Waals surface area contributed by atoms with Gasteiger partial charge in [-0.3, -0.25) is 14.5 Å². The summed E-state index contributed by atoms with van der Waals surface area (Å²) in [4.78, 5) is 26.1. The molecule has 0 unspecified atom stereocenters. The van der Waals surface area contributed by atoms with Crippen LogP contribution in [0.1, 0.15) is 17.2 Å². The molecule has 5 heteroatoms. The Labute approximate surface area is 178 Å². The van der Waals surface area contributed by atoms with Crippen molar-refractivity contribution in [2.75, 3.05) is 4.90 Å². The summed E-state index contributed by atoms with van der Waals surface area (Å²) in [7, 11) is 0. The molecule has 0 radical (unpaired) electrons. The molecule has 1 aromatic heterocycles. The lowest BCUT2D eigenvalue weighted by Crippen LogP contribution is -2.20. The number of anilines is 1. The number of rotatable bonds is 4. The third kappa shape index (κ3) is 2.95. The monoisotopic (exact) mass is 410 g/mol. The largest absolute Gasteiger partial charge is 0.334 e. The number of amides is 1. The van der Waals surface area contributed by atoms with Crippen LogP contribution in [0.5, 0.6) is 0 Å². The van der Waals surface area contributed by atoms with Gasteiger partial charge < -0.3 is 4.57 Å². The maximum absolute atomic E-state index is 12.6. The van der Waals surface area contributed by atoms with Crippen LogP contribution in [-0.2, 0) is 4.79 Å². The molecule has 1 aliphatic rings. The van der Waals surface area contributed by atoms with Crippen molar-refractivity contribution >= 4 is 38.7 Å². The van der Waals surface area contributed by atoms with E-state index in [-0.39, 0.29) is 22.1 Å². The van der Waals surface area contributed by atoms with Crippen molar-refractivity contribution in [1.29, 1.82) is 0 Å². The van der Waals surface area contributed by atoms with Crippen LogP contribution in [0.25, 0.3) is 10.9 Å². The third-order valence-electron chi connectivity index (χ3n) is 5.34. The molecule has 0 spiro atoms. The van der Waals surface area contributed by atoms with Crippen LogP contribution in [-0.4, -0.2) is 14.9 Å². The van der Waals surface area contributed by atoms with E-state index < -0.39 is 0 Å². The second-order valence-electron chi connectivity index (χ2n) is 7.10. The van der Waals surface area contributed by atoms with Crippen molar-refractivity contribution in [2.45, 2.75) is 6.04 Å². The first-order chi connectivity index (χ1) is 14.6. The van der Waals surface area contributed by atoms with Gasteiger partial charge in [0.2, 0.25) is 5.12 Å². The Morgan fingerprint density at radius 3 is 1.90 bits per heavy atom. The van der Waals surface area contributed by atoms with E-state index in [1.165, 1.54) is 4.90 Å². The van der Waals surface area contributed by atoms with Gasteiger partial charge >= 0.3 is 0 Å². The van der Waals surface area contributed by atoms with Crippen LogP contribution in [0.15, 0.2) is 103 Å². The normalized spacial score (nSPS) is 14.3. The molecule has 2 heterocycles. The summed E-state index contributed by atoms with van der Waals surface area (Å²) >= 11 is 0.690. The number of hydrogen-bond donors (Lipinski definition) is 0. The molecule has 0 saturated carbocycles. The molecule has 1 fully saturated rings. The summed E-state index contributed by atoms with van der Waals surface area (Å²) in [5.41, 5.74) is 4.12. The second kappa shape index (κ2) is 7.35. The number of thioether (sulfide) groups is 1. The lowest BCUT2D eigenvalue weighted by Gasteiger charge is -2.21. The van der Waals surface area contributed by atoms with E-state index in [0.29, 0.717) is 17.4 Å². The third-order valence-corrected chi connectivity index (χ3v) is 6.12. The highest BCUT2D eigenvalue weighted by Crippen LogP contribution is 2.41. The van der Waals surface area contributed by atoms with Crippen LogP contribution in [0.4, 0.5) is 10.5 Å². The SMILES string of the molecule is C=C1C(=O)SC(=O)N1c1cn(C(c2ccccc2)c2ccccc2)c2ccccc12. The van der Waals surface area contributed by atoms with Crippen molar-refractivity contribution in [3.05, 3.63) is 115 Å². The maximum Gasteiger partial charge on any atom is 0.298 e. The average Bonchev–Trinajstić information content (AvgIpc) is 3.26. The smallest absolute Gasteiger partial charge is 0.298 e. The summed E-state index contributed by atoms with van der Waals surface area (Å²) in [6.45, 7) is 3.85. The van der Waals surface area contributed by atoms with E-state index in [2.05, 4.69) is 35.4 Å². The van der Waals surface area contributed by atoms with E-state index in [4.69, 9.17) is 0 Å². The van der Waals surface area contributed by atoms with Crippen LogP contribution >= 0.6 is 11.8 Å². The Morgan fingerprint density at radius 1 is 0.767 bits per heavy atom. The second-order valence-corrected chi connectivity index (χ2v) is 8.02. The van der Waals surface area contributed by atoms with Gasteiger partial charge in [0.05, 0.1) is 22.9 Å². The molecule has 0 bridgehead atoms. The Hall–Kier alpha value is -3.57. The number of nitrogens with zero attached hydrogens (tertiary/aromatic N) is 2. The summed E-state index contributed by atoms with van der Waals surface area (Å²) < 4.78 is 2.17. The number of aromatic nitrogens is 1. The van der Waals surface area contributed by atoms with E-state index in [1.807, 2.05) is 66.9 Å². The highest BCUT2D eigenvalue weighted by molar-refractivity contribution is 8.27. The molecule has 0 aliphatic carbocycles. The van der Waals surface area contributed by atoms with E-state index in [1.54, 1.807) is 0 Å². The first kappa shape index (κ1) is 18.5. The molecule has 30 heavy (non-hydrogen) atoms. The molecule has 1 saturated heterocycles. The Bertz CT molecular complexity index is 1240. The van der Waals surface area contributed by atoms with Crippen LogP contribution < -0.4 is 4.90 Å². The van der Waals surface area contributed by atoms with Gasteiger partial charge in [-0.25, -0.2) is 0 Å². The van der Waals surface area contributed by atoms with Crippen molar-refractivity contribution < 1.29 is 9.59 Å². The average molecular weight is 410 g/mol. The van der Waals surface area contributed by atoms with Gasteiger partial charge in [-0.15, -0.1) is 0 Å². The van der Waals surface area contributed by atoms with Crippen molar-refractivity contribution in [3.63, 3.8) is 0 Å². The zero-order valence-corrected chi connectivity index (χ0v) is 16.9. The fourth-order valence-electron chi connectivity index (χ4n) is 3.99. The standard InChI is InChI=1S/C25H18N2O2S/c1-17-24(28)30-25(29)27(17)22-16-26(21-15-9-8-14-20(21)22)23(18-10-4-2-5-11-18)19-12-6-3-7-13-19/h2-16,23H,1H2.